The van der Waals surface area contributed by atoms with Crippen LogP contribution in [0.25, 0.3) is 5.52 Å². The number of benzene rings is 1. The Hall–Kier alpha value is -2.62. The van der Waals surface area contributed by atoms with Crippen LogP contribution in [0.1, 0.15) is 24.0 Å². The molecule has 4 nitrogen and oxygen atoms in total. The number of nitrogens with one attached hydrogen (secondary N) is 1. The van der Waals surface area contributed by atoms with E-state index in [2.05, 4.69) is 22.5 Å². The van der Waals surface area contributed by atoms with Crippen molar-refractivity contribution >= 4 is 11.4 Å². The minimum Gasteiger partial charge on any atom is -0.352 e. The van der Waals surface area contributed by atoms with Gasteiger partial charge in [-0.25, -0.2) is 4.52 Å². The summed E-state index contributed by atoms with van der Waals surface area (Å²) in [4.78, 5) is 11.9. The Labute approximate surface area is 129 Å². The van der Waals surface area contributed by atoms with E-state index < -0.39 is 0 Å². The molecule has 112 valence electrons. The lowest BCUT2D eigenvalue weighted by Crippen LogP contribution is -2.22. The van der Waals surface area contributed by atoms with Crippen molar-refractivity contribution in [3.63, 3.8) is 0 Å². The Balaban J connectivity index is 1.46. The molecule has 1 amide bonds. The van der Waals surface area contributed by atoms with Crippen LogP contribution in [-0.4, -0.2) is 15.5 Å². The number of amides is 1. The molecule has 0 radical (unpaired) electrons. The van der Waals surface area contributed by atoms with Crippen LogP contribution in [0.15, 0.2) is 60.9 Å². The maximum Gasteiger partial charge on any atom is 0.220 e. The first-order chi connectivity index (χ1) is 10.8. The predicted octanol–water partition coefficient (Wildman–Crippen LogP) is 2.97. The number of nitrogens with zero attached hydrogens (tertiary/aromatic N) is 2. The number of carbonyl (C=O) groups is 1. The van der Waals surface area contributed by atoms with Gasteiger partial charge >= 0.3 is 0 Å². The smallest absolute Gasteiger partial charge is 0.220 e. The highest BCUT2D eigenvalue weighted by Crippen LogP contribution is 2.09. The van der Waals surface area contributed by atoms with Crippen molar-refractivity contribution in [1.29, 1.82) is 0 Å². The fraction of sp³-hybridized carbons (Fsp3) is 0.222. The van der Waals surface area contributed by atoms with E-state index in [9.17, 15) is 4.79 Å². The van der Waals surface area contributed by atoms with Gasteiger partial charge in [0.05, 0.1) is 11.7 Å². The van der Waals surface area contributed by atoms with Crippen LogP contribution in [0.2, 0.25) is 0 Å². The Morgan fingerprint density at radius 3 is 2.77 bits per heavy atom. The zero-order chi connectivity index (χ0) is 15.2. The fourth-order valence-electron chi connectivity index (χ4n) is 2.50. The molecule has 0 atom stereocenters. The average molecular weight is 293 g/mol. The molecular weight excluding hydrogens is 274 g/mol. The Morgan fingerprint density at radius 2 is 1.91 bits per heavy atom. The third-order valence-corrected chi connectivity index (χ3v) is 3.69. The van der Waals surface area contributed by atoms with E-state index in [0.29, 0.717) is 13.0 Å². The number of aryl methyl sites for hydroxylation is 1. The maximum atomic E-state index is 11.9. The van der Waals surface area contributed by atoms with E-state index in [4.69, 9.17) is 0 Å². The predicted molar refractivity (Wildman–Crippen MR) is 86.4 cm³/mol. The third-order valence-electron chi connectivity index (χ3n) is 3.69. The summed E-state index contributed by atoms with van der Waals surface area (Å²) in [5, 5.41) is 7.24. The molecule has 0 aliphatic heterocycles. The second-order valence-corrected chi connectivity index (χ2v) is 5.32. The van der Waals surface area contributed by atoms with Crippen molar-refractivity contribution in [2.24, 2.45) is 0 Å². The number of rotatable bonds is 6. The summed E-state index contributed by atoms with van der Waals surface area (Å²) in [6.45, 7) is 0.525. The van der Waals surface area contributed by atoms with Gasteiger partial charge < -0.3 is 5.32 Å². The lowest BCUT2D eigenvalue weighted by atomic mass is 10.1. The zero-order valence-corrected chi connectivity index (χ0v) is 12.4. The van der Waals surface area contributed by atoms with E-state index in [0.717, 1.165) is 23.9 Å². The molecule has 0 aliphatic rings. The quantitative estimate of drug-likeness (QED) is 0.759. The minimum absolute atomic E-state index is 0.0891. The molecule has 0 aliphatic carbocycles. The molecule has 0 unspecified atom stereocenters. The first-order valence-electron chi connectivity index (χ1n) is 7.55. The van der Waals surface area contributed by atoms with Gasteiger partial charge in [0.2, 0.25) is 5.91 Å². The van der Waals surface area contributed by atoms with Crippen LogP contribution in [0, 0.1) is 0 Å². The monoisotopic (exact) mass is 293 g/mol. The van der Waals surface area contributed by atoms with E-state index in [1.54, 1.807) is 6.20 Å². The molecule has 3 rings (SSSR count). The average Bonchev–Trinajstić information content (AvgIpc) is 2.97. The molecule has 22 heavy (non-hydrogen) atoms. The van der Waals surface area contributed by atoms with Crippen LogP contribution in [0.4, 0.5) is 0 Å². The third kappa shape index (κ3) is 3.52. The van der Waals surface area contributed by atoms with Crippen molar-refractivity contribution < 1.29 is 4.79 Å². The van der Waals surface area contributed by atoms with E-state index in [1.807, 2.05) is 47.1 Å². The van der Waals surface area contributed by atoms with Gasteiger partial charge in [-0.1, -0.05) is 36.4 Å². The van der Waals surface area contributed by atoms with E-state index in [1.165, 1.54) is 5.56 Å². The molecule has 0 saturated carbocycles. The number of pyridine rings is 1. The molecule has 0 saturated heterocycles. The zero-order valence-electron chi connectivity index (χ0n) is 12.4. The largest absolute Gasteiger partial charge is 0.352 e. The minimum atomic E-state index is 0.0891. The molecule has 0 fully saturated rings. The Kier molecular flexibility index (Phi) is 4.49. The van der Waals surface area contributed by atoms with Gasteiger partial charge in [0.1, 0.15) is 0 Å². The van der Waals surface area contributed by atoms with Crippen molar-refractivity contribution in [2.45, 2.75) is 25.8 Å². The highest BCUT2D eigenvalue weighted by atomic mass is 16.1. The van der Waals surface area contributed by atoms with Crippen LogP contribution in [-0.2, 0) is 17.8 Å². The first-order valence-corrected chi connectivity index (χ1v) is 7.55. The maximum absolute atomic E-state index is 11.9. The van der Waals surface area contributed by atoms with Crippen LogP contribution < -0.4 is 5.32 Å². The van der Waals surface area contributed by atoms with Gasteiger partial charge in [-0.3, -0.25) is 4.79 Å². The molecule has 1 aromatic carbocycles. The number of hydrogen-bond donors (Lipinski definition) is 1. The first kappa shape index (κ1) is 14.3. The molecule has 2 aromatic heterocycles. The van der Waals surface area contributed by atoms with Crippen molar-refractivity contribution in [1.82, 2.24) is 14.9 Å². The second kappa shape index (κ2) is 6.89. The SMILES string of the molecule is O=C(CCCc1ccccc1)NCc1cnn2ccccc12. The molecule has 0 bridgehead atoms. The lowest BCUT2D eigenvalue weighted by molar-refractivity contribution is -0.121. The standard InChI is InChI=1S/C18H19N3O/c22-18(11-6-9-15-7-2-1-3-8-15)19-13-16-14-20-21-12-5-4-10-17(16)21/h1-5,7-8,10,12,14H,6,9,11,13H2,(H,19,22). The van der Waals surface area contributed by atoms with Gasteiger partial charge in [-0.15, -0.1) is 0 Å². The van der Waals surface area contributed by atoms with Gasteiger partial charge in [0.15, 0.2) is 0 Å². The molecule has 2 heterocycles. The summed E-state index contributed by atoms with van der Waals surface area (Å²) in [5.74, 6) is 0.0891. The van der Waals surface area contributed by atoms with Gasteiger partial charge in [0, 0.05) is 24.7 Å². The van der Waals surface area contributed by atoms with Crippen LogP contribution in [0.5, 0.6) is 0 Å². The molecule has 0 spiro atoms. The van der Waals surface area contributed by atoms with Crippen molar-refractivity contribution in [3.05, 3.63) is 72.1 Å². The highest BCUT2D eigenvalue weighted by molar-refractivity contribution is 5.76. The van der Waals surface area contributed by atoms with Gasteiger partial charge in [0.25, 0.3) is 0 Å². The molecule has 1 N–H and O–H groups in total. The van der Waals surface area contributed by atoms with Gasteiger partial charge in [-0.05, 0) is 30.5 Å². The van der Waals surface area contributed by atoms with Crippen LogP contribution >= 0.6 is 0 Å². The number of aromatic nitrogens is 2. The molecular formula is C18H19N3O. The fourth-order valence-corrected chi connectivity index (χ4v) is 2.50. The topological polar surface area (TPSA) is 46.4 Å². The summed E-state index contributed by atoms with van der Waals surface area (Å²) in [5.41, 5.74) is 3.35. The Morgan fingerprint density at radius 1 is 1.09 bits per heavy atom. The normalized spacial score (nSPS) is 10.7. The van der Waals surface area contributed by atoms with Crippen LogP contribution in [0.3, 0.4) is 0 Å². The summed E-state index contributed by atoms with van der Waals surface area (Å²) in [6, 6.07) is 16.2. The second-order valence-electron chi connectivity index (χ2n) is 5.32. The summed E-state index contributed by atoms with van der Waals surface area (Å²) >= 11 is 0. The van der Waals surface area contributed by atoms with E-state index in [-0.39, 0.29) is 5.91 Å². The number of fused-ring (bicyclic) bond motifs is 1. The summed E-state index contributed by atoms with van der Waals surface area (Å²) in [6.07, 6.45) is 6.06. The number of hydrogen-bond acceptors (Lipinski definition) is 2. The molecule has 3 aromatic rings. The van der Waals surface area contributed by atoms with Crippen molar-refractivity contribution in [3.8, 4) is 0 Å². The molecule has 4 heteroatoms. The summed E-state index contributed by atoms with van der Waals surface area (Å²) < 4.78 is 1.82. The van der Waals surface area contributed by atoms with Gasteiger partial charge in [-0.2, -0.15) is 5.10 Å². The van der Waals surface area contributed by atoms with E-state index >= 15 is 0 Å². The highest BCUT2D eigenvalue weighted by Gasteiger charge is 2.06. The lowest BCUT2D eigenvalue weighted by Gasteiger charge is -2.04. The van der Waals surface area contributed by atoms with Crippen molar-refractivity contribution in [2.75, 3.05) is 0 Å². The Bertz CT molecular complexity index is 749. The summed E-state index contributed by atoms with van der Waals surface area (Å²) in [7, 11) is 0. The number of carbonyl (C=O) groups excluding carboxylic acids is 1.